The molecule has 2 aromatic carbocycles. The van der Waals surface area contributed by atoms with Crippen molar-refractivity contribution >= 4 is 21.6 Å². The highest BCUT2D eigenvalue weighted by Gasteiger charge is 2.18. The van der Waals surface area contributed by atoms with E-state index in [9.17, 15) is 13.2 Å². The van der Waals surface area contributed by atoms with E-state index in [-0.39, 0.29) is 5.91 Å². The Morgan fingerprint density at radius 2 is 1.65 bits per heavy atom. The largest absolute Gasteiger partial charge is 0.349 e. The molecule has 0 atom stereocenters. The van der Waals surface area contributed by atoms with Gasteiger partial charge in [-0.05, 0) is 66.6 Å². The Balaban J connectivity index is 1.74. The van der Waals surface area contributed by atoms with Crippen LogP contribution in [0.4, 0.5) is 5.69 Å². The lowest BCUT2D eigenvalue weighted by molar-refractivity contribution is -0.127. The molecule has 0 heterocycles. The third kappa shape index (κ3) is 4.25. The van der Waals surface area contributed by atoms with E-state index in [1.807, 2.05) is 6.07 Å². The molecule has 0 spiro atoms. The Morgan fingerprint density at radius 3 is 2.31 bits per heavy atom. The summed E-state index contributed by atoms with van der Waals surface area (Å²) in [5.41, 5.74) is 3.73. The van der Waals surface area contributed by atoms with Crippen LogP contribution in [-0.4, -0.2) is 33.3 Å². The summed E-state index contributed by atoms with van der Waals surface area (Å²) in [7, 11) is -0.198. The minimum absolute atomic E-state index is 0.00684. The van der Waals surface area contributed by atoms with E-state index in [1.165, 1.54) is 16.9 Å². The van der Waals surface area contributed by atoms with Gasteiger partial charge in [0.2, 0.25) is 5.91 Å². The number of carbonyl (C=O) groups excluding carboxylic acids is 1. The zero-order valence-corrected chi connectivity index (χ0v) is 16.0. The molecule has 0 saturated heterocycles. The first-order valence-electron chi connectivity index (χ1n) is 8.79. The Bertz CT molecular complexity index is 903. The molecule has 26 heavy (non-hydrogen) atoms. The Kier molecular flexibility index (Phi) is 5.32. The predicted molar refractivity (Wildman–Crippen MR) is 103 cm³/mol. The number of aryl methyl sites for hydroxylation is 2. The van der Waals surface area contributed by atoms with Crippen molar-refractivity contribution in [3.05, 3.63) is 59.2 Å². The van der Waals surface area contributed by atoms with Gasteiger partial charge in [0.1, 0.15) is 0 Å². The molecule has 0 aromatic heterocycles. The quantitative estimate of drug-likeness (QED) is 0.877. The molecule has 1 aliphatic carbocycles. The highest BCUT2D eigenvalue weighted by Crippen LogP contribution is 2.25. The number of likely N-dealkylation sites (N-methyl/N-ethyl adjacent to an activating group) is 1. The van der Waals surface area contributed by atoms with Gasteiger partial charge in [0, 0.05) is 19.8 Å². The van der Waals surface area contributed by atoms with Crippen LogP contribution >= 0.6 is 0 Å². The van der Waals surface area contributed by atoms with Crippen LogP contribution in [0.1, 0.15) is 29.5 Å². The van der Waals surface area contributed by atoms with Gasteiger partial charge < -0.3 is 4.90 Å². The molecule has 0 unspecified atom stereocenters. The molecule has 0 radical (unpaired) electrons. The molecule has 3 rings (SSSR count). The molecular weight excluding hydrogens is 348 g/mol. The lowest BCUT2D eigenvalue weighted by atomic mass is 9.92. The maximum Gasteiger partial charge on any atom is 0.261 e. The molecule has 2 aromatic rings. The number of sulfonamides is 1. The van der Waals surface area contributed by atoms with Crippen LogP contribution in [0.5, 0.6) is 0 Å². The summed E-state index contributed by atoms with van der Waals surface area (Å²) in [6, 6.07) is 12.3. The van der Waals surface area contributed by atoms with E-state index in [4.69, 9.17) is 0 Å². The van der Waals surface area contributed by atoms with Gasteiger partial charge in [-0.15, -0.1) is 0 Å². The van der Waals surface area contributed by atoms with Crippen LogP contribution in [0.25, 0.3) is 0 Å². The second-order valence-electron chi connectivity index (χ2n) is 6.90. The summed E-state index contributed by atoms with van der Waals surface area (Å²) in [4.78, 5) is 13.6. The molecule has 1 aliphatic rings. The summed E-state index contributed by atoms with van der Waals surface area (Å²) in [5, 5.41) is 0. The van der Waals surface area contributed by atoms with Gasteiger partial charge in [-0.1, -0.05) is 18.2 Å². The number of carbonyl (C=O) groups is 1. The molecule has 5 nitrogen and oxygen atoms in total. The van der Waals surface area contributed by atoms with E-state index >= 15 is 0 Å². The SMILES string of the molecule is CN(C)C(=O)Cc1ccc(NS(=O)(=O)c2ccc3c(c2)CCCC3)cc1. The van der Waals surface area contributed by atoms with Crippen molar-refractivity contribution in [3.63, 3.8) is 0 Å². The fourth-order valence-electron chi connectivity index (χ4n) is 3.11. The fourth-order valence-corrected chi connectivity index (χ4v) is 4.22. The number of nitrogens with one attached hydrogen (secondary N) is 1. The van der Waals surface area contributed by atoms with Crippen molar-refractivity contribution in [3.8, 4) is 0 Å². The van der Waals surface area contributed by atoms with E-state index in [1.54, 1.807) is 50.5 Å². The van der Waals surface area contributed by atoms with Crippen molar-refractivity contribution in [2.45, 2.75) is 37.0 Å². The van der Waals surface area contributed by atoms with E-state index in [0.29, 0.717) is 17.0 Å². The van der Waals surface area contributed by atoms with Crippen LogP contribution in [0.15, 0.2) is 47.4 Å². The summed E-state index contributed by atoms with van der Waals surface area (Å²) < 4.78 is 28.0. The average Bonchev–Trinajstić information content (AvgIpc) is 2.62. The van der Waals surface area contributed by atoms with Gasteiger partial charge in [-0.2, -0.15) is 0 Å². The maximum absolute atomic E-state index is 12.7. The van der Waals surface area contributed by atoms with Crippen molar-refractivity contribution in [1.29, 1.82) is 0 Å². The van der Waals surface area contributed by atoms with Crippen LogP contribution in [-0.2, 0) is 34.1 Å². The molecule has 0 aliphatic heterocycles. The monoisotopic (exact) mass is 372 g/mol. The van der Waals surface area contributed by atoms with Crippen molar-refractivity contribution in [2.24, 2.45) is 0 Å². The molecule has 1 amide bonds. The van der Waals surface area contributed by atoms with Crippen LogP contribution < -0.4 is 4.72 Å². The second-order valence-corrected chi connectivity index (χ2v) is 8.59. The van der Waals surface area contributed by atoms with E-state index in [2.05, 4.69) is 4.72 Å². The highest BCUT2D eigenvalue weighted by molar-refractivity contribution is 7.92. The van der Waals surface area contributed by atoms with Crippen molar-refractivity contribution < 1.29 is 13.2 Å². The molecule has 1 N–H and O–H groups in total. The number of rotatable bonds is 5. The van der Waals surface area contributed by atoms with Crippen LogP contribution in [0.3, 0.4) is 0 Å². The van der Waals surface area contributed by atoms with Gasteiger partial charge in [-0.3, -0.25) is 9.52 Å². The number of benzene rings is 2. The number of amides is 1. The van der Waals surface area contributed by atoms with Gasteiger partial charge >= 0.3 is 0 Å². The molecule has 0 bridgehead atoms. The number of nitrogens with zero attached hydrogens (tertiary/aromatic N) is 1. The third-order valence-electron chi connectivity index (χ3n) is 4.69. The topological polar surface area (TPSA) is 66.5 Å². The first-order chi connectivity index (χ1) is 12.3. The first kappa shape index (κ1) is 18.5. The fraction of sp³-hybridized carbons (Fsp3) is 0.350. The Morgan fingerprint density at radius 1 is 1.00 bits per heavy atom. The second kappa shape index (κ2) is 7.50. The van der Waals surface area contributed by atoms with Crippen LogP contribution in [0, 0.1) is 0 Å². The smallest absolute Gasteiger partial charge is 0.261 e. The minimum atomic E-state index is -3.62. The number of anilines is 1. The lowest BCUT2D eigenvalue weighted by Gasteiger charge is -2.17. The van der Waals surface area contributed by atoms with E-state index < -0.39 is 10.0 Å². The highest BCUT2D eigenvalue weighted by atomic mass is 32.2. The summed E-state index contributed by atoms with van der Waals surface area (Å²) >= 11 is 0. The molecule has 6 heteroatoms. The van der Waals surface area contributed by atoms with Crippen molar-refractivity contribution in [1.82, 2.24) is 4.90 Å². The van der Waals surface area contributed by atoms with Gasteiger partial charge in [0.15, 0.2) is 0 Å². The van der Waals surface area contributed by atoms with Crippen molar-refractivity contribution in [2.75, 3.05) is 18.8 Å². The normalized spacial score (nSPS) is 13.8. The first-order valence-corrected chi connectivity index (χ1v) is 10.3. The predicted octanol–water partition coefficient (Wildman–Crippen LogP) is 3.00. The number of hydrogen-bond donors (Lipinski definition) is 1. The minimum Gasteiger partial charge on any atom is -0.349 e. The third-order valence-corrected chi connectivity index (χ3v) is 6.07. The molecule has 0 fully saturated rings. The molecule has 0 saturated carbocycles. The standard InChI is InChI=1S/C20H24N2O3S/c1-22(2)20(23)13-15-7-10-18(11-8-15)21-26(24,25)19-12-9-16-5-3-4-6-17(16)14-19/h7-12,14,21H,3-6,13H2,1-2H3. The van der Waals surface area contributed by atoms with Gasteiger partial charge in [-0.25, -0.2) is 8.42 Å². The Hall–Kier alpha value is -2.34. The summed E-state index contributed by atoms with van der Waals surface area (Å²) in [5.74, 6) is 0.00684. The molecule has 138 valence electrons. The Labute approximate surface area is 155 Å². The summed E-state index contributed by atoms with van der Waals surface area (Å²) in [6.07, 6.45) is 4.53. The zero-order chi connectivity index (χ0) is 18.7. The van der Waals surface area contributed by atoms with Gasteiger partial charge in [0.25, 0.3) is 10.0 Å². The van der Waals surface area contributed by atoms with Gasteiger partial charge in [0.05, 0.1) is 11.3 Å². The number of hydrogen-bond acceptors (Lipinski definition) is 3. The number of fused-ring (bicyclic) bond motifs is 1. The summed E-state index contributed by atoms with van der Waals surface area (Å²) in [6.45, 7) is 0. The van der Waals surface area contributed by atoms with Crippen LogP contribution in [0.2, 0.25) is 0 Å². The van der Waals surface area contributed by atoms with E-state index in [0.717, 1.165) is 30.4 Å². The lowest BCUT2D eigenvalue weighted by Crippen LogP contribution is -2.23. The average molecular weight is 372 g/mol. The maximum atomic E-state index is 12.7. The molecular formula is C20H24N2O3S. The zero-order valence-electron chi connectivity index (χ0n) is 15.2.